The van der Waals surface area contributed by atoms with Crippen molar-refractivity contribution in [2.45, 2.75) is 44.3 Å². The van der Waals surface area contributed by atoms with Gasteiger partial charge in [0, 0.05) is 31.8 Å². The van der Waals surface area contributed by atoms with Gasteiger partial charge in [0.2, 0.25) is 0 Å². The van der Waals surface area contributed by atoms with E-state index in [1.807, 2.05) is 0 Å². The van der Waals surface area contributed by atoms with Gasteiger partial charge in [0.15, 0.2) is 5.69 Å². The number of hydrogen-bond donors (Lipinski definition) is 2. The summed E-state index contributed by atoms with van der Waals surface area (Å²) in [5, 5.41) is 17.7. The van der Waals surface area contributed by atoms with Gasteiger partial charge in [-0.1, -0.05) is 0 Å². The monoisotopic (exact) mass is 480 g/mol. The molecule has 1 aromatic carbocycles. The molecular weight excluding hydrogens is 453 g/mol. The van der Waals surface area contributed by atoms with Crippen molar-refractivity contribution in [3.05, 3.63) is 46.8 Å². The van der Waals surface area contributed by atoms with Crippen molar-refractivity contribution < 1.29 is 32.5 Å². The van der Waals surface area contributed by atoms with E-state index in [9.17, 15) is 23.1 Å². The van der Waals surface area contributed by atoms with Crippen molar-refractivity contribution in [3.63, 3.8) is 0 Å². The number of amides is 1. The van der Waals surface area contributed by atoms with Gasteiger partial charge >= 0.3 is 6.18 Å². The molecule has 2 aromatic rings. The molecule has 1 unspecified atom stereocenters. The molecule has 11 heteroatoms. The Morgan fingerprint density at radius 1 is 1.26 bits per heavy atom. The lowest BCUT2D eigenvalue weighted by atomic mass is 9.97. The summed E-state index contributed by atoms with van der Waals surface area (Å²) in [6.45, 7) is 4.35. The van der Waals surface area contributed by atoms with Crippen LogP contribution in [-0.2, 0) is 24.0 Å². The second-order valence-electron chi connectivity index (χ2n) is 9.12. The molecule has 0 saturated heterocycles. The first kappa shape index (κ1) is 23.1. The van der Waals surface area contributed by atoms with E-state index in [0.717, 1.165) is 43.4 Å². The highest BCUT2D eigenvalue weighted by Crippen LogP contribution is 2.38. The van der Waals surface area contributed by atoms with Crippen LogP contribution < -0.4 is 10.1 Å². The lowest BCUT2D eigenvalue weighted by Gasteiger charge is -2.31. The number of rotatable bonds is 7. The minimum absolute atomic E-state index is 0.00458. The van der Waals surface area contributed by atoms with Crippen LogP contribution in [0.5, 0.6) is 5.75 Å². The molecule has 0 spiro atoms. The number of halogens is 3. The second kappa shape index (κ2) is 9.20. The highest BCUT2D eigenvalue weighted by atomic mass is 19.4. The number of aliphatic hydroxyl groups is 1. The summed E-state index contributed by atoms with van der Waals surface area (Å²) >= 11 is 0. The smallest absolute Gasteiger partial charge is 0.416 e. The van der Waals surface area contributed by atoms with Gasteiger partial charge in [0.1, 0.15) is 18.5 Å². The Kier molecular flexibility index (Phi) is 6.26. The molecule has 0 radical (unpaired) electrons. The first-order chi connectivity index (χ1) is 16.3. The minimum atomic E-state index is -4.54. The number of carbonyl (C=O) groups excluding carboxylic acids is 1. The Morgan fingerprint density at radius 2 is 2.09 bits per heavy atom. The lowest BCUT2D eigenvalue weighted by Crippen LogP contribution is -2.45. The van der Waals surface area contributed by atoms with Crippen LogP contribution in [0.15, 0.2) is 24.3 Å². The van der Waals surface area contributed by atoms with Crippen molar-refractivity contribution in [3.8, 4) is 5.75 Å². The predicted molar refractivity (Wildman–Crippen MR) is 114 cm³/mol. The van der Waals surface area contributed by atoms with Gasteiger partial charge in [0.25, 0.3) is 5.91 Å². The van der Waals surface area contributed by atoms with E-state index in [2.05, 4.69) is 15.3 Å². The van der Waals surface area contributed by atoms with Crippen molar-refractivity contribution in [1.29, 1.82) is 0 Å². The summed E-state index contributed by atoms with van der Waals surface area (Å²) in [5.41, 5.74) is 0.211. The highest BCUT2D eigenvalue weighted by molar-refractivity contribution is 5.92. The summed E-state index contributed by atoms with van der Waals surface area (Å²) in [6, 6.07) is 3.76. The van der Waals surface area contributed by atoms with E-state index in [1.54, 1.807) is 10.7 Å². The van der Waals surface area contributed by atoms with Gasteiger partial charge in [-0.3, -0.25) is 14.4 Å². The van der Waals surface area contributed by atoms with E-state index in [1.165, 1.54) is 18.9 Å². The largest absolute Gasteiger partial charge is 0.491 e. The van der Waals surface area contributed by atoms with Crippen LogP contribution in [0.25, 0.3) is 0 Å². The van der Waals surface area contributed by atoms with Crippen LogP contribution in [-0.4, -0.2) is 64.6 Å². The molecule has 2 atom stereocenters. The van der Waals surface area contributed by atoms with Crippen LogP contribution in [0, 0.1) is 5.92 Å². The van der Waals surface area contributed by atoms with E-state index in [-0.39, 0.29) is 23.6 Å². The number of aromatic nitrogens is 2. The molecule has 184 valence electrons. The Hall–Kier alpha value is -2.63. The highest BCUT2D eigenvalue weighted by Gasteiger charge is 2.36. The van der Waals surface area contributed by atoms with Crippen LogP contribution in [0.2, 0.25) is 0 Å². The zero-order valence-electron chi connectivity index (χ0n) is 18.6. The lowest BCUT2D eigenvalue weighted by molar-refractivity contribution is -0.137. The summed E-state index contributed by atoms with van der Waals surface area (Å²) in [6.07, 6.45) is -3.35. The summed E-state index contributed by atoms with van der Waals surface area (Å²) in [5.74, 6) is 0.394. The third-order valence-corrected chi connectivity index (χ3v) is 6.48. The first-order valence-corrected chi connectivity index (χ1v) is 11.5. The number of benzene rings is 1. The van der Waals surface area contributed by atoms with Crippen molar-refractivity contribution >= 4 is 5.91 Å². The maximum atomic E-state index is 13.1. The number of hydrogen-bond acceptors (Lipinski definition) is 6. The van der Waals surface area contributed by atoms with E-state index in [0.29, 0.717) is 19.7 Å². The third-order valence-electron chi connectivity index (χ3n) is 6.48. The van der Waals surface area contributed by atoms with Crippen molar-refractivity contribution in [2.75, 3.05) is 32.9 Å². The van der Waals surface area contributed by atoms with Crippen molar-refractivity contribution in [2.24, 2.45) is 5.92 Å². The molecule has 1 amide bonds. The summed E-state index contributed by atoms with van der Waals surface area (Å²) < 4.78 is 52.2. The van der Waals surface area contributed by atoms with Crippen LogP contribution in [0.1, 0.15) is 46.3 Å². The quantitative estimate of drug-likeness (QED) is 0.592. The van der Waals surface area contributed by atoms with E-state index >= 15 is 0 Å². The topological polar surface area (TPSA) is 88.8 Å². The minimum Gasteiger partial charge on any atom is -0.491 e. The average molecular weight is 480 g/mol. The van der Waals surface area contributed by atoms with Gasteiger partial charge in [-0.2, -0.15) is 18.3 Å². The molecular formula is C23H27F3N4O4. The SMILES string of the molecule is O=C(N[C@H]1COc2ccc(C(F)(F)F)cc2C1O)c1cc2n(n1)CCN(CCOCC1CC1)C2. The zero-order chi connectivity index (χ0) is 23.9. The van der Waals surface area contributed by atoms with Gasteiger partial charge < -0.3 is 19.9 Å². The normalized spacial score (nSPS) is 22.6. The fourth-order valence-corrected chi connectivity index (χ4v) is 4.29. The molecule has 1 aliphatic carbocycles. The predicted octanol–water partition coefficient (Wildman–Crippen LogP) is 2.37. The van der Waals surface area contributed by atoms with Gasteiger partial charge in [-0.15, -0.1) is 0 Å². The van der Waals surface area contributed by atoms with Gasteiger partial charge in [-0.05, 0) is 43.0 Å². The van der Waals surface area contributed by atoms with Gasteiger partial charge in [0.05, 0.1) is 30.5 Å². The molecule has 5 rings (SSSR count). The number of carbonyl (C=O) groups is 1. The van der Waals surface area contributed by atoms with E-state index < -0.39 is 29.8 Å². The Labute approximate surface area is 194 Å². The fourth-order valence-electron chi connectivity index (χ4n) is 4.29. The Balaban J connectivity index is 1.19. The Morgan fingerprint density at radius 3 is 2.85 bits per heavy atom. The second-order valence-corrected chi connectivity index (χ2v) is 9.12. The fraction of sp³-hybridized carbons (Fsp3) is 0.565. The maximum Gasteiger partial charge on any atom is 0.416 e. The van der Waals surface area contributed by atoms with Crippen LogP contribution in [0.4, 0.5) is 13.2 Å². The number of nitrogens with one attached hydrogen (secondary N) is 1. The molecule has 2 N–H and O–H groups in total. The zero-order valence-corrected chi connectivity index (χ0v) is 18.6. The molecule has 8 nitrogen and oxygen atoms in total. The number of nitrogens with zero attached hydrogens (tertiary/aromatic N) is 3. The molecule has 1 fully saturated rings. The molecule has 1 saturated carbocycles. The molecule has 2 aliphatic heterocycles. The Bertz CT molecular complexity index is 1050. The molecule has 0 bridgehead atoms. The van der Waals surface area contributed by atoms with Crippen LogP contribution >= 0.6 is 0 Å². The molecule has 34 heavy (non-hydrogen) atoms. The molecule has 1 aromatic heterocycles. The number of aliphatic hydroxyl groups excluding tert-OH is 1. The van der Waals surface area contributed by atoms with Gasteiger partial charge in [-0.25, -0.2) is 0 Å². The average Bonchev–Trinajstić information content (AvgIpc) is 3.53. The van der Waals surface area contributed by atoms with E-state index in [4.69, 9.17) is 9.47 Å². The first-order valence-electron chi connectivity index (χ1n) is 11.5. The molecule has 3 aliphatic rings. The number of fused-ring (bicyclic) bond motifs is 2. The maximum absolute atomic E-state index is 13.1. The number of alkyl halides is 3. The summed E-state index contributed by atoms with van der Waals surface area (Å²) in [7, 11) is 0. The number of ether oxygens (including phenoxy) is 2. The van der Waals surface area contributed by atoms with Crippen molar-refractivity contribution in [1.82, 2.24) is 20.0 Å². The molecule has 3 heterocycles. The van der Waals surface area contributed by atoms with Crippen LogP contribution in [0.3, 0.4) is 0 Å². The standard InChI is InChI=1S/C23H27F3N4O4/c24-23(25,26)15-3-4-20-17(9-15)21(31)19(13-34-20)27-22(32)18-10-16-11-29(5-6-30(16)28-18)7-8-33-12-14-1-2-14/h3-4,9-10,14,19,21,31H,1-2,5-8,11-13H2,(H,27,32)/t19-,21?/m0/s1. The third kappa shape index (κ3) is 5.06. The summed E-state index contributed by atoms with van der Waals surface area (Å²) in [4.78, 5) is 15.1.